The van der Waals surface area contributed by atoms with Gasteiger partial charge in [0.05, 0.1) is 6.54 Å². The molecule has 1 aromatic heterocycles. The molecule has 1 aliphatic rings. The first kappa shape index (κ1) is 20.2. The monoisotopic (exact) mass is 450 g/mol. The van der Waals surface area contributed by atoms with Crippen LogP contribution in [0.3, 0.4) is 0 Å². The summed E-state index contributed by atoms with van der Waals surface area (Å²) >= 11 is 1.78. The summed E-state index contributed by atoms with van der Waals surface area (Å²) in [4.78, 5) is 20.9. The molecule has 1 amide bonds. The lowest BCUT2D eigenvalue weighted by molar-refractivity contribution is -0.129. The zero-order chi connectivity index (χ0) is 15.9. The highest BCUT2D eigenvalue weighted by molar-refractivity contribution is 14.0. The molecule has 0 radical (unpaired) electrons. The van der Waals surface area contributed by atoms with Gasteiger partial charge in [0.2, 0.25) is 5.91 Å². The lowest BCUT2D eigenvalue weighted by Gasteiger charge is -2.18. The second-order valence-electron chi connectivity index (χ2n) is 5.53. The summed E-state index contributed by atoms with van der Waals surface area (Å²) in [7, 11) is 0. The van der Waals surface area contributed by atoms with E-state index in [9.17, 15) is 4.79 Å². The number of aryl methyl sites for hydroxylation is 1. The Balaban J connectivity index is 0.00000264. The molecule has 0 aromatic carbocycles. The van der Waals surface area contributed by atoms with Crippen LogP contribution in [0.15, 0.2) is 17.1 Å². The molecule has 23 heavy (non-hydrogen) atoms. The quantitative estimate of drug-likeness (QED) is 0.412. The Morgan fingerprint density at radius 3 is 2.83 bits per heavy atom. The van der Waals surface area contributed by atoms with Crippen molar-refractivity contribution in [2.75, 3.05) is 19.6 Å². The predicted molar refractivity (Wildman–Crippen MR) is 108 cm³/mol. The second kappa shape index (κ2) is 10.1. The van der Waals surface area contributed by atoms with Gasteiger partial charge in [0, 0.05) is 41.9 Å². The van der Waals surface area contributed by atoms with Crippen molar-refractivity contribution in [2.45, 2.75) is 46.2 Å². The fourth-order valence-electron chi connectivity index (χ4n) is 2.57. The van der Waals surface area contributed by atoms with E-state index in [0.717, 1.165) is 32.0 Å². The van der Waals surface area contributed by atoms with Gasteiger partial charge in [-0.1, -0.05) is 6.92 Å². The summed E-state index contributed by atoms with van der Waals surface area (Å²) in [5.41, 5.74) is 0. The van der Waals surface area contributed by atoms with Crippen molar-refractivity contribution in [3.63, 3.8) is 0 Å². The summed E-state index contributed by atoms with van der Waals surface area (Å²) in [5, 5.41) is 6.74. The largest absolute Gasteiger partial charge is 0.357 e. The normalized spacial score (nSPS) is 17.8. The number of hydrogen-bond acceptors (Lipinski definition) is 3. The summed E-state index contributed by atoms with van der Waals surface area (Å²) in [5.74, 6) is 1.07. The van der Waals surface area contributed by atoms with Gasteiger partial charge in [-0.15, -0.1) is 35.3 Å². The average molecular weight is 450 g/mol. The molecule has 1 aromatic rings. The van der Waals surface area contributed by atoms with Gasteiger partial charge in [-0.05, 0) is 32.4 Å². The first-order chi connectivity index (χ1) is 10.6. The number of nitrogens with one attached hydrogen (secondary N) is 2. The molecule has 7 heteroatoms. The van der Waals surface area contributed by atoms with Crippen molar-refractivity contribution in [1.29, 1.82) is 0 Å². The van der Waals surface area contributed by atoms with E-state index >= 15 is 0 Å². The number of hydrogen-bond donors (Lipinski definition) is 2. The van der Waals surface area contributed by atoms with Crippen molar-refractivity contribution < 1.29 is 4.79 Å². The van der Waals surface area contributed by atoms with E-state index in [0.29, 0.717) is 19.0 Å². The lowest BCUT2D eigenvalue weighted by atomic mass is 10.3. The van der Waals surface area contributed by atoms with Gasteiger partial charge in [-0.25, -0.2) is 4.99 Å². The van der Waals surface area contributed by atoms with E-state index < -0.39 is 0 Å². The second-order valence-corrected chi connectivity index (χ2v) is 6.90. The van der Waals surface area contributed by atoms with E-state index in [-0.39, 0.29) is 29.9 Å². The SMILES string of the molecule is CCNC(=NCc1ccc(C)s1)NC1CCN(C(=O)CC)C1.I. The zero-order valence-electron chi connectivity index (χ0n) is 14.1. The Labute approximate surface area is 160 Å². The fraction of sp³-hybridized carbons (Fsp3) is 0.625. The van der Waals surface area contributed by atoms with Crippen molar-refractivity contribution in [3.05, 3.63) is 21.9 Å². The van der Waals surface area contributed by atoms with Crippen LogP contribution in [-0.4, -0.2) is 42.4 Å². The van der Waals surface area contributed by atoms with Crippen molar-refractivity contribution in [2.24, 2.45) is 4.99 Å². The molecule has 1 atom stereocenters. The molecule has 1 aliphatic heterocycles. The Kier molecular flexibility index (Phi) is 8.90. The number of aliphatic imine (C=N–C) groups is 1. The number of halogens is 1. The van der Waals surface area contributed by atoms with E-state index in [1.807, 2.05) is 11.8 Å². The number of rotatable bonds is 5. The number of guanidine groups is 1. The fourth-order valence-corrected chi connectivity index (χ4v) is 3.38. The molecule has 1 unspecified atom stereocenters. The molecule has 2 N–H and O–H groups in total. The number of carbonyl (C=O) groups excluding carboxylic acids is 1. The van der Waals surface area contributed by atoms with Crippen LogP contribution in [0.1, 0.15) is 36.4 Å². The van der Waals surface area contributed by atoms with Gasteiger partial charge in [-0.2, -0.15) is 0 Å². The Morgan fingerprint density at radius 1 is 1.43 bits per heavy atom. The maximum Gasteiger partial charge on any atom is 0.222 e. The van der Waals surface area contributed by atoms with E-state index in [1.165, 1.54) is 9.75 Å². The molecule has 0 aliphatic carbocycles. The highest BCUT2D eigenvalue weighted by atomic mass is 127. The van der Waals surface area contributed by atoms with E-state index in [1.54, 1.807) is 11.3 Å². The molecular weight excluding hydrogens is 423 g/mol. The summed E-state index contributed by atoms with van der Waals surface area (Å²) in [6.07, 6.45) is 1.56. The maximum atomic E-state index is 11.7. The van der Waals surface area contributed by atoms with Crippen LogP contribution in [0.25, 0.3) is 0 Å². The minimum Gasteiger partial charge on any atom is -0.357 e. The third kappa shape index (κ3) is 6.29. The molecule has 1 saturated heterocycles. The van der Waals surface area contributed by atoms with E-state index in [2.05, 4.69) is 41.6 Å². The lowest BCUT2D eigenvalue weighted by Crippen LogP contribution is -2.45. The molecular formula is C16H27IN4OS. The van der Waals surface area contributed by atoms with Crippen LogP contribution in [0.5, 0.6) is 0 Å². The number of nitrogens with zero attached hydrogens (tertiary/aromatic N) is 2. The number of carbonyl (C=O) groups is 1. The molecule has 0 bridgehead atoms. The van der Waals surface area contributed by atoms with Gasteiger partial charge in [0.15, 0.2) is 5.96 Å². The van der Waals surface area contributed by atoms with E-state index in [4.69, 9.17) is 0 Å². The Bertz CT molecular complexity index is 532. The van der Waals surface area contributed by atoms with Crippen LogP contribution >= 0.6 is 35.3 Å². The average Bonchev–Trinajstić information content (AvgIpc) is 3.13. The smallest absolute Gasteiger partial charge is 0.222 e. The first-order valence-corrected chi connectivity index (χ1v) is 8.82. The summed E-state index contributed by atoms with van der Waals surface area (Å²) in [6, 6.07) is 4.55. The van der Waals surface area contributed by atoms with Gasteiger partial charge in [0.25, 0.3) is 0 Å². The Morgan fingerprint density at radius 2 is 2.22 bits per heavy atom. The number of thiophene rings is 1. The molecule has 1 fully saturated rings. The Hall–Kier alpha value is -0.830. The van der Waals surface area contributed by atoms with Gasteiger partial charge >= 0.3 is 0 Å². The molecule has 5 nitrogen and oxygen atoms in total. The van der Waals surface area contributed by atoms with Crippen LogP contribution < -0.4 is 10.6 Å². The predicted octanol–water partition coefficient (Wildman–Crippen LogP) is 2.74. The number of amides is 1. The maximum absolute atomic E-state index is 11.7. The van der Waals surface area contributed by atoms with Crippen LogP contribution in [-0.2, 0) is 11.3 Å². The highest BCUT2D eigenvalue weighted by Crippen LogP contribution is 2.16. The topological polar surface area (TPSA) is 56.7 Å². The summed E-state index contributed by atoms with van der Waals surface area (Å²) in [6.45, 7) is 9.23. The molecule has 2 heterocycles. The number of likely N-dealkylation sites (tertiary alicyclic amines) is 1. The zero-order valence-corrected chi connectivity index (χ0v) is 17.2. The van der Waals surface area contributed by atoms with Crippen molar-refractivity contribution >= 4 is 47.2 Å². The van der Waals surface area contributed by atoms with Gasteiger partial charge in [0.1, 0.15) is 0 Å². The van der Waals surface area contributed by atoms with Crippen molar-refractivity contribution in [3.8, 4) is 0 Å². The minimum absolute atomic E-state index is 0. The third-order valence-electron chi connectivity index (χ3n) is 3.72. The molecule has 2 rings (SSSR count). The van der Waals surface area contributed by atoms with Crippen molar-refractivity contribution in [1.82, 2.24) is 15.5 Å². The molecule has 0 spiro atoms. The van der Waals surface area contributed by atoms with Gasteiger partial charge in [-0.3, -0.25) is 4.79 Å². The summed E-state index contributed by atoms with van der Waals surface area (Å²) < 4.78 is 0. The van der Waals surface area contributed by atoms with Crippen LogP contribution in [0, 0.1) is 6.92 Å². The van der Waals surface area contributed by atoms with Gasteiger partial charge < -0.3 is 15.5 Å². The van der Waals surface area contributed by atoms with Crippen LogP contribution in [0.2, 0.25) is 0 Å². The standard InChI is InChI=1S/C16H26N4OS.HI/c1-4-15(21)20-9-8-13(11-20)19-16(17-5-2)18-10-14-7-6-12(3)22-14;/h6-7,13H,4-5,8-11H2,1-3H3,(H2,17,18,19);1H. The molecule has 0 saturated carbocycles. The first-order valence-electron chi connectivity index (χ1n) is 8.00. The third-order valence-corrected chi connectivity index (χ3v) is 4.70. The highest BCUT2D eigenvalue weighted by Gasteiger charge is 2.25. The minimum atomic E-state index is 0. The van der Waals surface area contributed by atoms with Crippen LogP contribution in [0.4, 0.5) is 0 Å². The molecule has 130 valence electrons.